The lowest BCUT2D eigenvalue weighted by Gasteiger charge is -2.10. The van der Waals surface area contributed by atoms with Gasteiger partial charge in [-0.05, 0) is 63.0 Å². The minimum Gasteiger partial charge on any atom is -0.494 e. The van der Waals surface area contributed by atoms with E-state index in [1.165, 1.54) is 6.07 Å². The number of rotatable bonds is 10. The number of hydrogen-bond acceptors (Lipinski definition) is 6. The van der Waals surface area contributed by atoms with Crippen LogP contribution in [0.5, 0.6) is 5.75 Å². The molecule has 1 heterocycles. The molecule has 3 aromatic carbocycles. The Morgan fingerprint density at radius 3 is 2.44 bits per heavy atom. The number of nitrogens with two attached hydrogens (primary N) is 1. The standard InChI is InChI=1S/C28H28N4O4/c1-32(2)13-4-14-36-22-10-8-21(9-11-22)30-17-24-23-12-7-19(16-25(23)31-28(24)35)26(33)18-5-3-6-20(15-18)27(29)34/h3,5-12,15-17,30H,4,13-14H2,1-2H3,(H2,29,34)(H,31,35). The van der Waals surface area contributed by atoms with Crippen molar-refractivity contribution in [3.05, 3.63) is 95.2 Å². The van der Waals surface area contributed by atoms with Crippen LogP contribution in [0.3, 0.4) is 0 Å². The van der Waals surface area contributed by atoms with Gasteiger partial charge in [0.15, 0.2) is 5.78 Å². The predicted molar refractivity (Wildman–Crippen MR) is 140 cm³/mol. The maximum atomic E-state index is 12.9. The van der Waals surface area contributed by atoms with Gasteiger partial charge in [-0.25, -0.2) is 0 Å². The fourth-order valence-electron chi connectivity index (χ4n) is 3.83. The number of fused-ring (bicyclic) bond motifs is 1. The summed E-state index contributed by atoms with van der Waals surface area (Å²) in [6.07, 6.45) is 2.59. The van der Waals surface area contributed by atoms with Crippen molar-refractivity contribution in [2.24, 2.45) is 5.73 Å². The second kappa shape index (κ2) is 10.9. The van der Waals surface area contributed by atoms with Gasteiger partial charge in [-0.1, -0.05) is 24.3 Å². The van der Waals surface area contributed by atoms with Crippen molar-refractivity contribution in [2.45, 2.75) is 6.42 Å². The Morgan fingerprint density at radius 1 is 1.00 bits per heavy atom. The van der Waals surface area contributed by atoms with Crippen molar-refractivity contribution >= 4 is 34.5 Å². The molecule has 0 unspecified atom stereocenters. The van der Waals surface area contributed by atoms with E-state index in [2.05, 4.69) is 15.5 Å². The van der Waals surface area contributed by atoms with Crippen LogP contribution in [0.25, 0.3) is 5.57 Å². The average molecular weight is 485 g/mol. The summed E-state index contributed by atoms with van der Waals surface area (Å²) in [5, 5.41) is 5.96. The largest absolute Gasteiger partial charge is 0.494 e. The molecule has 36 heavy (non-hydrogen) atoms. The molecule has 0 aromatic heterocycles. The molecule has 1 aliphatic rings. The van der Waals surface area contributed by atoms with Crippen LogP contribution in [0.4, 0.5) is 11.4 Å². The first-order valence-electron chi connectivity index (χ1n) is 11.6. The molecular weight excluding hydrogens is 456 g/mol. The molecule has 0 saturated carbocycles. The first-order valence-corrected chi connectivity index (χ1v) is 11.6. The zero-order valence-electron chi connectivity index (χ0n) is 20.2. The number of nitrogens with one attached hydrogen (secondary N) is 2. The van der Waals surface area contributed by atoms with E-state index in [0.717, 1.165) is 24.4 Å². The van der Waals surface area contributed by atoms with Crippen LogP contribution >= 0.6 is 0 Å². The number of hydrogen-bond donors (Lipinski definition) is 3. The highest BCUT2D eigenvalue weighted by Gasteiger charge is 2.25. The molecule has 0 spiro atoms. The first-order chi connectivity index (χ1) is 17.3. The van der Waals surface area contributed by atoms with Crippen LogP contribution in [0.1, 0.15) is 38.3 Å². The normalized spacial score (nSPS) is 13.4. The Balaban J connectivity index is 1.44. The number of ketones is 1. The van der Waals surface area contributed by atoms with Crippen LogP contribution in [0, 0.1) is 0 Å². The van der Waals surface area contributed by atoms with E-state index in [-0.39, 0.29) is 17.3 Å². The van der Waals surface area contributed by atoms with Gasteiger partial charge in [-0.2, -0.15) is 0 Å². The highest BCUT2D eigenvalue weighted by atomic mass is 16.5. The first kappa shape index (κ1) is 24.7. The lowest BCUT2D eigenvalue weighted by Crippen LogP contribution is -2.15. The van der Waals surface area contributed by atoms with Gasteiger partial charge in [0.25, 0.3) is 5.91 Å². The molecule has 0 radical (unpaired) electrons. The van der Waals surface area contributed by atoms with Crippen molar-refractivity contribution in [3.63, 3.8) is 0 Å². The van der Waals surface area contributed by atoms with E-state index in [1.807, 2.05) is 38.4 Å². The number of carbonyl (C=O) groups is 3. The topological polar surface area (TPSA) is 114 Å². The van der Waals surface area contributed by atoms with E-state index in [0.29, 0.717) is 34.6 Å². The molecule has 1 aliphatic heterocycles. The lowest BCUT2D eigenvalue weighted by molar-refractivity contribution is -0.110. The van der Waals surface area contributed by atoms with Gasteiger partial charge in [0, 0.05) is 46.4 Å². The fraction of sp³-hybridized carbons (Fsp3) is 0.179. The Hall–Kier alpha value is -4.43. The predicted octanol–water partition coefficient (Wildman–Crippen LogP) is 3.75. The molecule has 4 rings (SSSR count). The summed E-state index contributed by atoms with van der Waals surface area (Å²) in [5.41, 5.74) is 8.83. The number of ether oxygens (including phenoxy) is 1. The van der Waals surface area contributed by atoms with Crippen molar-refractivity contribution < 1.29 is 19.1 Å². The third-order valence-electron chi connectivity index (χ3n) is 5.73. The molecule has 0 bridgehead atoms. The second-order valence-electron chi connectivity index (χ2n) is 8.72. The number of carbonyl (C=O) groups excluding carboxylic acids is 3. The van der Waals surface area contributed by atoms with Gasteiger partial charge in [0.1, 0.15) is 5.75 Å². The zero-order valence-corrected chi connectivity index (χ0v) is 20.2. The fourth-order valence-corrected chi connectivity index (χ4v) is 3.83. The Bertz CT molecular complexity index is 1330. The quantitative estimate of drug-likeness (QED) is 0.229. The van der Waals surface area contributed by atoms with Crippen molar-refractivity contribution in [2.75, 3.05) is 37.9 Å². The minimum absolute atomic E-state index is 0.260. The molecular formula is C28H28N4O4. The van der Waals surface area contributed by atoms with Crippen LogP contribution in [-0.2, 0) is 4.79 Å². The minimum atomic E-state index is -0.602. The van der Waals surface area contributed by atoms with Crippen molar-refractivity contribution in [3.8, 4) is 5.75 Å². The summed E-state index contributed by atoms with van der Waals surface area (Å²) in [5.74, 6) is -0.349. The van der Waals surface area contributed by atoms with Gasteiger partial charge in [0.05, 0.1) is 12.2 Å². The second-order valence-corrected chi connectivity index (χ2v) is 8.72. The van der Waals surface area contributed by atoms with E-state index >= 15 is 0 Å². The SMILES string of the molecule is CN(C)CCCOc1ccc(NC=C2C(=O)Nc3cc(C(=O)c4cccc(C(N)=O)c4)ccc32)cc1. The van der Waals surface area contributed by atoms with Gasteiger partial charge >= 0.3 is 0 Å². The smallest absolute Gasteiger partial charge is 0.257 e. The van der Waals surface area contributed by atoms with E-state index in [4.69, 9.17) is 10.5 Å². The number of anilines is 2. The van der Waals surface area contributed by atoms with E-state index in [9.17, 15) is 14.4 Å². The number of nitrogens with zero attached hydrogens (tertiary/aromatic N) is 1. The molecule has 4 N–H and O–H groups in total. The highest BCUT2D eigenvalue weighted by Crippen LogP contribution is 2.33. The average Bonchev–Trinajstić information content (AvgIpc) is 3.19. The van der Waals surface area contributed by atoms with Crippen LogP contribution in [-0.4, -0.2) is 49.7 Å². The molecule has 0 saturated heterocycles. The monoisotopic (exact) mass is 484 g/mol. The molecule has 184 valence electrons. The lowest BCUT2D eigenvalue weighted by atomic mass is 9.98. The molecule has 0 aliphatic carbocycles. The molecule has 0 fully saturated rings. The maximum Gasteiger partial charge on any atom is 0.257 e. The van der Waals surface area contributed by atoms with Crippen LogP contribution in [0.2, 0.25) is 0 Å². The summed E-state index contributed by atoms with van der Waals surface area (Å²) >= 11 is 0. The molecule has 8 nitrogen and oxygen atoms in total. The van der Waals surface area contributed by atoms with Gasteiger partial charge in [0.2, 0.25) is 5.91 Å². The van der Waals surface area contributed by atoms with E-state index in [1.54, 1.807) is 42.6 Å². The summed E-state index contributed by atoms with van der Waals surface area (Å²) in [6.45, 7) is 1.61. The van der Waals surface area contributed by atoms with Crippen LogP contribution in [0.15, 0.2) is 72.9 Å². The summed E-state index contributed by atoms with van der Waals surface area (Å²) in [6, 6.07) is 18.8. The summed E-state index contributed by atoms with van der Waals surface area (Å²) in [4.78, 5) is 39.1. The highest BCUT2D eigenvalue weighted by molar-refractivity contribution is 6.32. The Kier molecular flexibility index (Phi) is 7.46. The van der Waals surface area contributed by atoms with Gasteiger partial charge in [-0.3, -0.25) is 14.4 Å². The third-order valence-corrected chi connectivity index (χ3v) is 5.73. The molecule has 8 heteroatoms. The van der Waals surface area contributed by atoms with Crippen LogP contribution < -0.4 is 21.1 Å². The zero-order chi connectivity index (χ0) is 25.7. The molecule has 3 aromatic rings. The molecule has 0 atom stereocenters. The number of amides is 2. The van der Waals surface area contributed by atoms with Gasteiger partial charge < -0.3 is 26.0 Å². The maximum absolute atomic E-state index is 12.9. The van der Waals surface area contributed by atoms with Crippen molar-refractivity contribution in [1.82, 2.24) is 4.90 Å². The van der Waals surface area contributed by atoms with Crippen molar-refractivity contribution in [1.29, 1.82) is 0 Å². The third kappa shape index (κ3) is 5.79. The Morgan fingerprint density at radius 2 is 1.72 bits per heavy atom. The number of benzene rings is 3. The number of primary amides is 1. The molecule has 2 amide bonds. The Labute approximate surface area is 209 Å². The van der Waals surface area contributed by atoms with E-state index < -0.39 is 5.91 Å². The summed E-state index contributed by atoms with van der Waals surface area (Å²) in [7, 11) is 4.06. The van der Waals surface area contributed by atoms with Gasteiger partial charge in [-0.15, -0.1) is 0 Å². The summed E-state index contributed by atoms with van der Waals surface area (Å²) < 4.78 is 5.75.